The minimum atomic E-state index is 0.830. The van der Waals surface area contributed by atoms with E-state index < -0.39 is 0 Å². The number of pyridine rings is 1. The lowest BCUT2D eigenvalue weighted by molar-refractivity contribution is 0.568. The van der Waals surface area contributed by atoms with Crippen LogP contribution in [0.4, 0.5) is 5.82 Å². The van der Waals surface area contributed by atoms with Crippen LogP contribution in [0, 0.1) is 5.92 Å². The van der Waals surface area contributed by atoms with Crippen LogP contribution in [-0.2, 0) is 5.33 Å². The lowest BCUT2D eigenvalue weighted by Gasteiger charge is -2.21. The Kier molecular flexibility index (Phi) is 3.74. The molecule has 2 heterocycles. The van der Waals surface area contributed by atoms with Gasteiger partial charge in [0.2, 0.25) is 0 Å². The van der Waals surface area contributed by atoms with Gasteiger partial charge in [0.05, 0.1) is 5.52 Å². The number of hydrogen-bond acceptors (Lipinski definition) is 2. The van der Waals surface area contributed by atoms with Crippen LogP contribution in [0.1, 0.15) is 25.3 Å². The molecule has 100 valence electrons. The Bertz CT molecular complexity index is 582. The maximum atomic E-state index is 4.89. The summed E-state index contributed by atoms with van der Waals surface area (Å²) in [6.45, 7) is 4.58. The van der Waals surface area contributed by atoms with E-state index in [4.69, 9.17) is 4.98 Å². The number of fused-ring (bicyclic) bond motifs is 1. The third-order valence-electron chi connectivity index (χ3n) is 4.09. The zero-order valence-electron chi connectivity index (χ0n) is 11.3. The van der Waals surface area contributed by atoms with Gasteiger partial charge in [-0.1, -0.05) is 47.5 Å². The second kappa shape index (κ2) is 5.49. The fraction of sp³-hybridized carbons (Fsp3) is 0.438. The molecule has 0 bridgehead atoms. The molecule has 0 N–H and O–H groups in total. The summed E-state index contributed by atoms with van der Waals surface area (Å²) in [5.74, 6) is 2.00. The van der Waals surface area contributed by atoms with Crippen LogP contribution in [0.15, 0.2) is 30.3 Å². The highest BCUT2D eigenvalue weighted by molar-refractivity contribution is 9.08. The minimum Gasteiger partial charge on any atom is -0.356 e. The highest BCUT2D eigenvalue weighted by Crippen LogP contribution is 2.30. The number of anilines is 1. The normalized spacial score (nSPS) is 19.3. The molecule has 0 saturated carbocycles. The van der Waals surface area contributed by atoms with Crippen molar-refractivity contribution in [1.82, 2.24) is 4.98 Å². The number of aromatic nitrogens is 1. The Morgan fingerprint density at radius 3 is 2.95 bits per heavy atom. The summed E-state index contributed by atoms with van der Waals surface area (Å²) in [7, 11) is 0. The first-order valence-electron chi connectivity index (χ1n) is 7.01. The number of nitrogens with zero attached hydrogens (tertiary/aromatic N) is 2. The van der Waals surface area contributed by atoms with E-state index in [1.807, 2.05) is 0 Å². The Morgan fingerprint density at radius 2 is 2.21 bits per heavy atom. The summed E-state index contributed by atoms with van der Waals surface area (Å²) in [5, 5.41) is 2.10. The van der Waals surface area contributed by atoms with Crippen molar-refractivity contribution in [1.29, 1.82) is 0 Å². The van der Waals surface area contributed by atoms with Gasteiger partial charge in [-0.3, -0.25) is 0 Å². The maximum absolute atomic E-state index is 4.89. The molecule has 1 fully saturated rings. The van der Waals surface area contributed by atoms with Crippen LogP contribution >= 0.6 is 15.9 Å². The molecule has 0 aliphatic carbocycles. The van der Waals surface area contributed by atoms with E-state index in [1.54, 1.807) is 0 Å². The van der Waals surface area contributed by atoms with Crippen LogP contribution in [0.5, 0.6) is 0 Å². The van der Waals surface area contributed by atoms with Crippen LogP contribution in [-0.4, -0.2) is 18.1 Å². The Labute approximate surface area is 123 Å². The van der Waals surface area contributed by atoms with Crippen LogP contribution in [0.3, 0.4) is 0 Å². The SMILES string of the molecule is CCC1CCN(c2nc3ccccc3cc2CBr)C1. The van der Waals surface area contributed by atoms with Gasteiger partial charge in [0, 0.05) is 29.4 Å². The van der Waals surface area contributed by atoms with E-state index in [0.717, 1.165) is 29.9 Å². The molecule has 0 radical (unpaired) electrons. The summed E-state index contributed by atoms with van der Waals surface area (Å²) in [6.07, 6.45) is 2.57. The van der Waals surface area contributed by atoms with Crippen molar-refractivity contribution in [2.24, 2.45) is 5.92 Å². The van der Waals surface area contributed by atoms with Gasteiger partial charge in [0.15, 0.2) is 0 Å². The third kappa shape index (κ3) is 2.48. The van der Waals surface area contributed by atoms with Gasteiger partial charge in [-0.25, -0.2) is 4.98 Å². The average Bonchev–Trinajstić information content (AvgIpc) is 2.94. The third-order valence-corrected chi connectivity index (χ3v) is 4.69. The molecule has 1 aromatic heterocycles. The lowest BCUT2D eigenvalue weighted by Crippen LogP contribution is -2.22. The molecule has 1 saturated heterocycles. The highest BCUT2D eigenvalue weighted by atomic mass is 79.9. The predicted molar refractivity (Wildman–Crippen MR) is 85.0 cm³/mol. The standard InChI is InChI=1S/C16H19BrN2/c1-2-12-7-8-19(11-12)16-14(10-17)9-13-5-3-4-6-15(13)18-16/h3-6,9,12H,2,7-8,10-11H2,1H3. The molecule has 2 aromatic rings. The molecule has 1 aliphatic heterocycles. The number of halogens is 1. The van der Waals surface area contributed by atoms with E-state index in [0.29, 0.717) is 0 Å². The molecular formula is C16H19BrN2. The number of alkyl halides is 1. The van der Waals surface area contributed by atoms with Crippen LogP contribution in [0.25, 0.3) is 10.9 Å². The molecule has 0 spiro atoms. The van der Waals surface area contributed by atoms with Crippen molar-refractivity contribution < 1.29 is 0 Å². The van der Waals surface area contributed by atoms with Gasteiger partial charge in [0.1, 0.15) is 5.82 Å². The Hall–Kier alpha value is -1.09. The summed E-state index contributed by atoms with van der Waals surface area (Å²) < 4.78 is 0. The van der Waals surface area contributed by atoms with Gasteiger partial charge in [-0.2, -0.15) is 0 Å². The van der Waals surface area contributed by atoms with Gasteiger partial charge in [-0.15, -0.1) is 0 Å². The van der Waals surface area contributed by atoms with Gasteiger partial charge in [-0.05, 0) is 24.5 Å². The monoisotopic (exact) mass is 318 g/mol. The smallest absolute Gasteiger partial charge is 0.133 e. The van der Waals surface area contributed by atoms with Gasteiger partial charge in [0.25, 0.3) is 0 Å². The molecule has 1 atom stereocenters. The minimum absolute atomic E-state index is 0.830. The molecule has 0 amide bonds. The first-order chi connectivity index (χ1) is 9.31. The van der Waals surface area contributed by atoms with Crippen molar-refractivity contribution in [3.05, 3.63) is 35.9 Å². The molecule has 1 aromatic carbocycles. The van der Waals surface area contributed by atoms with Crippen molar-refractivity contribution in [2.45, 2.75) is 25.1 Å². The first-order valence-corrected chi connectivity index (χ1v) is 8.13. The Balaban J connectivity index is 2.02. The van der Waals surface area contributed by atoms with Crippen LogP contribution in [0.2, 0.25) is 0 Å². The zero-order chi connectivity index (χ0) is 13.2. The van der Waals surface area contributed by atoms with Crippen molar-refractivity contribution in [3.8, 4) is 0 Å². The van der Waals surface area contributed by atoms with Crippen molar-refractivity contribution in [2.75, 3.05) is 18.0 Å². The summed E-state index contributed by atoms with van der Waals surface area (Å²) >= 11 is 3.61. The lowest BCUT2D eigenvalue weighted by atomic mass is 10.1. The highest BCUT2D eigenvalue weighted by Gasteiger charge is 2.23. The van der Waals surface area contributed by atoms with E-state index in [1.165, 1.54) is 29.6 Å². The maximum Gasteiger partial charge on any atom is 0.133 e. The van der Waals surface area contributed by atoms with Crippen molar-refractivity contribution >= 4 is 32.7 Å². The van der Waals surface area contributed by atoms with E-state index in [-0.39, 0.29) is 0 Å². The van der Waals surface area contributed by atoms with E-state index in [9.17, 15) is 0 Å². The van der Waals surface area contributed by atoms with Crippen molar-refractivity contribution in [3.63, 3.8) is 0 Å². The number of hydrogen-bond donors (Lipinski definition) is 0. The van der Waals surface area contributed by atoms with Gasteiger partial charge >= 0.3 is 0 Å². The molecule has 19 heavy (non-hydrogen) atoms. The van der Waals surface area contributed by atoms with E-state index >= 15 is 0 Å². The number of benzene rings is 1. The first kappa shape index (κ1) is 12.9. The topological polar surface area (TPSA) is 16.1 Å². The largest absolute Gasteiger partial charge is 0.356 e. The molecule has 1 unspecified atom stereocenters. The fourth-order valence-electron chi connectivity index (χ4n) is 2.88. The summed E-state index contributed by atoms with van der Waals surface area (Å²) in [4.78, 5) is 7.35. The number of para-hydroxylation sites is 1. The second-order valence-corrected chi connectivity index (χ2v) is 5.87. The summed E-state index contributed by atoms with van der Waals surface area (Å²) in [5.41, 5.74) is 2.40. The number of rotatable bonds is 3. The van der Waals surface area contributed by atoms with Gasteiger partial charge < -0.3 is 4.90 Å². The molecule has 2 nitrogen and oxygen atoms in total. The van der Waals surface area contributed by atoms with E-state index in [2.05, 4.69) is 58.1 Å². The average molecular weight is 319 g/mol. The quantitative estimate of drug-likeness (QED) is 0.781. The predicted octanol–water partition coefficient (Wildman–Crippen LogP) is 4.37. The molecular weight excluding hydrogens is 300 g/mol. The molecule has 3 heteroatoms. The molecule has 1 aliphatic rings. The summed E-state index contributed by atoms with van der Waals surface area (Å²) in [6, 6.07) is 10.6. The molecule has 3 rings (SSSR count). The fourth-order valence-corrected chi connectivity index (χ4v) is 3.29. The van der Waals surface area contributed by atoms with Crippen LogP contribution < -0.4 is 4.90 Å². The zero-order valence-corrected chi connectivity index (χ0v) is 12.9. The Morgan fingerprint density at radius 1 is 1.37 bits per heavy atom. The second-order valence-electron chi connectivity index (χ2n) is 5.31.